The standard InChI is InChI=1S/C16H16ClN3OS/c1-2-20(10-14-4-3-7-22-14)11-16(21)19-13-6-5-12(9-18)15(17)8-13/h3-8H,2,10-11H2,1H3,(H,19,21)/p+1. The predicted octanol–water partition coefficient (Wildman–Crippen LogP) is 2.32. The number of carbonyl (C=O) groups excluding carboxylic acids is 1. The largest absolute Gasteiger partial charge is 0.323 e. The van der Waals surface area contributed by atoms with Crippen molar-refractivity contribution < 1.29 is 9.69 Å². The molecule has 114 valence electrons. The summed E-state index contributed by atoms with van der Waals surface area (Å²) in [4.78, 5) is 14.6. The minimum atomic E-state index is -0.0609. The number of amides is 1. The van der Waals surface area contributed by atoms with Crippen molar-refractivity contribution in [3.8, 4) is 6.07 Å². The number of hydrogen-bond acceptors (Lipinski definition) is 3. The second-order valence-corrected chi connectivity index (χ2v) is 6.33. The number of likely N-dealkylation sites (N-methyl/N-ethyl adjacent to an activating group) is 1. The highest BCUT2D eigenvalue weighted by Crippen LogP contribution is 2.19. The van der Waals surface area contributed by atoms with Crippen LogP contribution in [-0.2, 0) is 11.3 Å². The normalized spacial score (nSPS) is 11.7. The highest BCUT2D eigenvalue weighted by molar-refractivity contribution is 7.09. The molecule has 1 heterocycles. The van der Waals surface area contributed by atoms with E-state index in [0.717, 1.165) is 13.1 Å². The first-order valence-corrected chi connectivity index (χ1v) is 8.23. The fraction of sp³-hybridized carbons (Fsp3) is 0.250. The molecule has 1 aromatic heterocycles. The lowest BCUT2D eigenvalue weighted by molar-refractivity contribution is -0.903. The van der Waals surface area contributed by atoms with Gasteiger partial charge < -0.3 is 10.2 Å². The molecule has 2 N–H and O–H groups in total. The molecule has 2 rings (SSSR count). The summed E-state index contributed by atoms with van der Waals surface area (Å²) >= 11 is 7.67. The maximum atomic E-state index is 12.1. The van der Waals surface area contributed by atoms with Crippen molar-refractivity contribution in [2.45, 2.75) is 13.5 Å². The molecule has 0 bridgehead atoms. The molecule has 1 amide bonds. The van der Waals surface area contributed by atoms with E-state index in [1.54, 1.807) is 29.5 Å². The Labute approximate surface area is 138 Å². The third kappa shape index (κ3) is 4.57. The van der Waals surface area contributed by atoms with Crippen LogP contribution in [-0.4, -0.2) is 19.0 Å². The number of nitrogens with zero attached hydrogens (tertiary/aromatic N) is 1. The summed E-state index contributed by atoms with van der Waals surface area (Å²) in [5.74, 6) is -0.0609. The molecule has 0 saturated carbocycles. The first-order chi connectivity index (χ1) is 10.6. The fourth-order valence-corrected chi connectivity index (χ4v) is 3.09. The Hall–Kier alpha value is -1.87. The van der Waals surface area contributed by atoms with E-state index >= 15 is 0 Å². The van der Waals surface area contributed by atoms with Gasteiger partial charge in [-0.3, -0.25) is 4.79 Å². The van der Waals surface area contributed by atoms with E-state index in [2.05, 4.69) is 18.3 Å². The van der Waals surface area contributed by atoms with E-state index in [9.17, 15) is 4.79 Å². The zero-order valence-corrected chi connectivity index (χ0v) is 13.8. The van der Waals surface area contributed by atoms with Crippen molar-refractivity contribution in [2.75, 3.05) is 18.4 Å². The molecule has 4 nitrogen and oxygen atoms in total. The van der Waals surface area contributed by atoms with Gasteiger partial charge in [0.25, 0.3) is 5.91 Å². The smallest absolute Gasteiger partial charge is 0.279 e. The van der Waals surface area contributed by atoms with Crippen LogP contribution in [0.3, 0.4) is 0 Å². The first-order valence-electron chi connectivity index (χ1n) is 6.97. The average Bonchev–Trinajstić information content (AvgIpc) is 2.99. The number of rotatable bonds is 6. The Morgan fingerprint density at radius 1 is 1.45 bits per heavy atom. The quantitative estimate of drug-likeness (QED) is 0.851. The zero-order valence-electron chi connectivity index (χ0n) is 12.2. The molecule has 1 atom stereocenters. The van der Waals surface area contributed by atoms with E-state index in [4.69, 9.17) is 16.9 Å². The summed E-state index contributed by atoms with van der Waals surface area (Å²) < 4.78 is 0. The number of quaternary nitrogens is 1. The van der Waals surface area contributed by atoms with E-state index in [-0.39, 0.29) is 5.91 Å². The molecule has 0 radical (unpaired) electrons. The number of nitriles is 1. The number of thiophene rings is 1. The Morgan fingerprint density at radius 2 is 2.27 bits per heavy atom. The van der Waals surface area contributed by atoms with Gasteiger partial charge in [0.05, 0.1) is 22.0 Å². The average molecular weight is 335 g/mol. The van der Waals surface area contributed by atoms with Crippen molar-refractivity contribution in [3.05, 3.63) is 51.2 Å². The Morgan fingerprint density at radius 3 is 2.86 bits per heavy atom. The number of nitrogens with one attached hydrogen (secondary N) is 2. The van der Waals surface area contributed by atoms with Crippen LogP contribution in [0.25, 0.3) is 0 Å². The number of benzene rings is 1. The Balaban J connectivity index is 1.94. The maximum Gasteiger partial charge on any atom is 0.279 e. The van der Waals surface area contributed by atoms with Crippen LogP contribution in [0.5, 0.6) is 0 Å². The highest BCUT2D eigenvalue weighted by Gasteiger charge is 2.14. The molecule has 1 unspecified atom stereocenters. The minimum Gasteiger partial charge on any atom is -0.323 e. The van der Waals surface area contributed by atoms with Crippen molar-refractivity contribution in [2.24, 2.45) is 0 Å². The van der Waals surface area contributed by atoms with Crippen LogP contribution in [0, 0.1) is 11.3 Å². The number of carbonyl (C=O) groups is 1. The van der Waals surface area contributed by atoms with Crippen LogP contribution in [0.15, 0.2) is 35.7 Å². The lowest BCUT2D eigenvalue weighted by Gasteiger charge is -2.16. The van der Waals surface area contributed by atoms with Gasteiger partial charge in [-0.05, 0) is 36.6 Å². The van der Waals surface area contributed by atoms with Crippen LogP contribution < -0.4 is 10.2 Å². The van der Waals surface area contributed by atoms with Crippen molar-refractivity contribution in [1.29, 1.82) is 5.26 Å². The molecule has 0 aliphatic carbocycles. The van der Waals surface area contributed by atoms with E-state index in [1.165, 1.54) is 9.78 Å². The van der Waals surface area contributed by atoms with Crippen LogP contribution in [0.1, 0.15) is 17.4 Å². The SMILES string of the molecule is CC[NH+](CC(=O)Nc1ccc(C#N)c(Cl)c1)Cc1cccs1. The van der Waals surface area contributed by atoms with E-state index in [0.29, 0.717) is 22.8 Å². The number of anilines is 1. The third-order valence-electron chi connectivity index (χ3n) is 3.29. The molecule has 6 heteroatoms. The summed E-state index contributed by atoms with van der Waals surface area (Å²) in [6, 6.07) is 11.0. The molecule has 1 aromatic carbocycles. The zero-order chi connectivity index (χ0) is 15.9. The predicted molar refractivity (Wildman–Crippen MR) is 89.2 cm³/mol. The molecule has 22 heavy (non-hydrogen) atoms. The topological polar surface area (TPSA) is 57.3 Å². The summed E-state index contributed by atoms with van der Waals surface area (Å²) in [5, 5.41) is 14.1. The summed E-state index contributed by atoms with van der Waals surface area (Å²) in [7, 11) is 0. The third-order valence-corrected chi connectivity index (χ3v) is 4.48. The van der Waals surface area contributed by atoms with Gasteiger partial charge in [-0.15, -0.1) is 11.3 Å². The van der Waals surface area contributed by atoms with Crippen LogP contribution in [0.2, 0.25) is 5.02 Å². The van der Waals surface area contributed by atoms with E-state index in [1.807, 2.05) is 17.5 Å². The van der Waals surface area contributed by atoms with Gasteiger partial charge in [-0.25, -0.2) is 0 Å². The van der Waals surface area contributed by atoms with Gasteiger partial charge in [0.1, 0.15) is 12.6 Å². The lowest BCUT2D eigenvalue weighted by atomic mass is 10.2. The Bertz CT molecular complexity index is 679. The van der Waals surface area contributed by atoms with Gasteiger partial charge in [0.2, 0.25) is 0 Å². The number of halogens is 1. The molecule has 0 fully saturated rings. The molecule has 0 aliphatic rings. The second-order valence-electron chi connectivity index (χ2n) is 4.89. The molecule has 0 aliphatic heterocycles. The van der Waals surface area contributed by atoms with E-state index < -0.39 is 0 Å². The second kappa shape index (κ2) is 7.95. The fourth-order valence-electron chi connectivity index (χ4n) is 2.09. The Kier molecular flexibility index (Phi) is 5.96. The van der Waals surface area contributed by atoms with Gasteiger partial charge >= 0.3 is 0 Å². The van der Waals surface area contributed by atoms with Gasteiger partial charge in [0.15, 0.2) is 6.54 Å². The van der Waals surface area contributed by atoms with Crippen LogP contribution in [0.4, 0.5) is 5.69 Å². The molecular weight excluding hydrogens is 318 g/mol. The maximum absolute atomic E-state index is 12.1. The summed E-state index contributed by atoms with van der Waals surface area (Å²) in [5.41, 5.74) is 1.01. The van der Waals surface area contributed by atoms with Gasteiger partial charge in [-0.1, -0.05) is 17.7 Å². The lowest BCUT2D eigenvalue weighted by Crippen LogP contribution is -3.11. The molecule has 2 aromatic rings. The van der Waals surface area contributed by atoms with Crippen molar-refractivity contribution >= 4 is 34.5 Å². The molecular formula is C16H17ClN3OS+. The summed E-state index contributed by atoms with van der Waals surface area (Å²) in [6.45, 7) is 4.18. The first kappa shape index (κ1) is 16.5. The van der Waals surface area contributed by atoms with Crippen molar-refractivity contribution in [3.63, 3.8) is 0 Å². The van der Waals surface area contributed by atoms with Crippen molar-refractivity contribution in [1.82, 2.24) is 0 Å². The minimum absolute atomic E-state index is 0.0609. The summed E-state index contributed by atoms with van der Waals surface area (Å²) in [6.07, 6.45) is 0. The monoisotopic (exact) mass is 334 g/mol. The molecule has 0 saturated heterocycles. The highest BCUT2D eigenvalue weighted by atomic mass is 35.5. The van der Waals surface area contributed by atoms with Crippen LogP contribution >= 0.6 is 22.9 Å². The molecule has 0 spiro atoms. The van der Waals surface area contributed by atoms with Gasteiger partial charge in [0, 0.05) is 5.69 Å². The number of hydrogen-bond donors (Lipinski definition) is 2. The van der Waals surface area contributed by atoms with Gasteiger partial charge in [-0.2, -0.15) is 5.26 Å².